The molecule has 0 bridgehead atoms. The molecule has 0 fully saturated rings. The Kier molecular flexibility index (Phi) is 2.53. The lowest BCUT2D eigenvalue weighted by Crippen LogP contribution is -2.31. The van der Waals surface area contributed by atoms with E-state index in [1.165, 1.54) is 0 Å². The number of nitrogens with one attached hydrogen (secondary N) is 1. The molecule has 1 amide bonds. The summed E-state index contributed by atoms with van der Waals surface area (Å²) in [7, 11) is 1.76. The number of nitriles is 1. The molecule has 0 spiro atoms. The predicted octanol–water partition coefficient (Wildman–Crippen LogP) is 1.58. The van der Waals surface area contributed by atoms with Crippen molar-refractivity contribution in [3.8, 4) is 6.07 Å². The third-order valence-corrected chi connectivity index (χ3v) is 2.84. The summed E-state index contributed by atoms with van der Waals surface area (Å²) < 4.78 is 0. The maximum Gasteiger partial charge on any atom is 0.231 e. The lowest BCUT2D eigenvalue weighted by molar-refractivity contribution is -0.121. The van der Waals surface area contributed by atoms with Crippen molar-refractivity contribution < 1.29 is 4.79 Å². The van der Waals surface area contributed by atoms with E-state index in [1.54, 1.807) is 30.1 Å². The third kappa shape index (κ3) is 1.61. The second kappa shape index (κ2) is 3.86. The zero-order valence-corrected chi connectivity index (χ0v) is 9.32. The van der Waals surface area contributed by atoms with Crippen LogP contribution in [-0.2, 0) is 4.79 Å². The van der Waals surface area contributed by atoms with Crippen LogP contribution in [0.2, 0.25) is 0 Å². The Morgan fingerprint density at radius 3 is 3.00 bits per heavy atom. The van der Waals surface area contributed by atoms with Crippen LogP contribution in [0.15, 0.2) is 18.2 Å². The van der Waals surface area contributed by atoms with E-state index in [-0.39, 0.29) is 11.8 Å². The highest BCUT2D eigenvalue weighted by molar-refractivity contribution is 5.99. The molecule has 1 aromatic rings. The normalized spacial score (nSPS) is 19.4. The maximum atomic E-state index is 11.9. The summed E-state index contributed by atoms with van der Waals surface area (Å²) in [6, 6.07) is 7.39. The van der Waals surface area contributed by atoms with Gasteiger partial charge in [-0.2, -0.15) is 5.26 Å². The van der Waals surface area contributed by atoms with E-state index in [2.05, 4.69) is 11.4 Å². The Balaban J connectivity index is 2.48. The molecule has 0 radical (unpaired) electrons. The largest absolute Gasteiger partial charge is 0.383 e. The van der Waals surface area contributed by atoms with Gasteiger partial charge in [0.05, 0.1) is 28.9 Å². The highest BCUT2D eigenvalue weighted by atomic mass is 16.2. The van der Waals surface area contributed by atoms with Crippen molar-refractivity contribution in [2.24, 2.45) is 5.92 Å². The van der Waals surface area contributed by atoms with Crippen LogP contribution in [0, 0.1) is 17.2 Å². The Bertz CT molecular complexity index is 476. The first-order valence-corrected chi connectivity index (χ1v) is 5.19. The van der Waals surface area contributed by atoms with E-state index >= 15 is 0 Å². The van der Waals surface area contributed by atoms with Crippen molar-refractivity contribution >= 4 is 17.3 Å². The fourth-order valence-electron chi connectivity index (χ4n) is 1.84. The lowest BCUT2D eigenvalue weighted by atomic mass is 10.1. The minimum absolute atomic E-state index is 0.0528. The number of carbonyl (C=O) groups excluding carboxylic acids is 1. The monoisotopic (exact) mass is 215 g/mol. The van der Waals surface area contributed by atoms with Gasteiger partial charge in [0.1, 0.15) is 0 Å². The SMILES string of the molecule is CC1CNc2cc(C#N)ccc2N(C)C1=O. The molecule has 0 saturated carbocycles. The van der Waals surface area contributed by atoms with Crippen molar-refractivity contribution in [3.05, 3.63) is 23.8 Å². The van der Waals surface area contributed by atoms with Crippen molar-refractivity contribution in [2.45, 2.75) is 6.92 Å². The summed E-state index contributed by atoms with van der Waals surface area (Å²) in [5.74, 6) is 0.0406. The lowest BCUT2D eigenvalue weighted by Gasteiger charge is -2.18. The number of rotatable bonds is 0. The van der Waals surface area contributed by atoms with Gasteiger partial charge in [-0.3, -0.25) is 4.79 Å². The minimum Gasteiger partial charge on any atom is -0.383 e. The number of nitrogens with zero attached hydrogens (tertiary/aromatic N) is 2. The van der Waals surface area contributed by atoms with Gasteiger partial charge in [0.25, 0.3) is 0 Å². The number of fused-ring (bicyclic) bond motifs is 1. The van der Waals surface area contributed by atoms with Crippen LogP contribution in [0.1, 0.15) is 12.5 Å². The van der Waals surface area contributed by atoms with Gasteiger partial charge in [0.15, 0.2) is 0 Å². The molecule has 1 atom stereocenters. The molecule has 1 unspecified atom stereocenters. The summed E-state index contributed by atoms with van der Waals surface area (Å²) in [6.45, 7) is 2.49. The zero-order chi connectivity index (χ0) is 11.7. The molecule has 1 aromatic carbocycles. The summed E-state index contributed by atoms with van der Waals surface area (Å²) >= 11 is 0. The molecule has 4 nitrogen and oxygen atoms in total. The number of hydrogen-bond donors (Lipinski definition) is 1. The molecule has 1 aliphatic rings. The van der Waals surface area contributed by atoms with Gasteiger partial charge in [-0.15, -0.1) is 0 Å². The van der Waals surface area contributed by atoms with E-state index in [1.807, 2.05) is 6.92 Å². The molecule has 0 saturated heterocycles. The number of amides is 1. The van der Waals surface area contributed by atoms with E-state index in [4.69, 9.17) is 5.26 Å². The van der Waals surface area contributed by atoms with Crippen LogP contribution in [0.3, 0.4) is 0 Å². The first-order valence-electron chi connectivity index (χ1n) is 5.19. The van der Waals surface area contributed by atoms with Crippen molar-refractivity contribution in [1.82, 2.24) is 0 Å². The summed E-state index contributed by atoms with van der Waals surface area (Å²) in [5, 5.41) is 12.0. The standard InChI is InChI=1S/C12H13N3O/c1-8-7-14-10-5-9(6-13)3-4-11(10)15(2)12(8)16/h3-5,8,14H,7H2,1-2H3. The molecule has 0 aromatic heterocycles. The number of anilines is 2. The predicted molar refractivity (Wildman–Crippen MR) is 62.2 cm³/mol. The van der Waals surface area contributed by atoms with Crippen LogP contribution < -0.4 is 10.2 Å². The van der Waals surface area contributed by atoms with Gasteiger partial charge in [-0.1, -0.05) is 6.92 Å². The smallest absolute Gasteiger partial charge is 0.231 e. The molecular formula is C12H13N3O. The minimum atomic E-state index is -0.0528. The summed E-state index contributed by atoms with van der Waals surface area (Å²) in [6.07, 6.45) is 0. The van der Waals surface area contributed by atoms with Crippen LogP contribution in [-0.4, -0.2) is 19.5 Å². The Labute approximate surface area is 94.5 Å². The first kappa shape index (κ1) is 10.5. The maximum absolute atomic E-state index is 11.9. The highest BCUT2D eigenvalue weighted by Crippen LogP contribution is 2.29. The topological polar surface area (TPSA) is 56.1 Å². The quantitative estimate of drug-likeness (QED) is 0.715. The van der Waals surface area contributed by atoms with Crippen LogP contribution >= 0.6 is 0 Å². The molecule has 1 heterocycles. The number of benzene rings is 1. The summed E-state index contributed by atoms with van der Waals surface area (Å²) in [5.41, 5.74) is 2.27. The fourth-order valence-corrected chi connectivity index (χ4v) is 1.84. The van der Waals surface area contributed by atoms with Gasteiger partial charge in [-0.25, -0.2) is 0 Å². The van der Waals surface area contributed by atoms with Gasteiger partial charge in [0.2, 0.25) is 5.91 Å². The molecule has 4 heteroatoms. The number of carbonyl (C=O) groups is 1. The zero-order valence-electron chi connectivity index (χ0n) is 9.32. The highest BCUT2D eigenvalue weighted by Gasteiger charge is 2.24. The second-order valence-electron chi connectivity index (χ2n) is 4.02. The molecule has 1 N–H and O–H groups in total. The molecule has 0 aliphatic carbocycles. The van der Waals surface area contributed by atoms with E-state index in [9.17, 15) is 4.79 Å². The fraction of sp³-hybridized carbons (Fsp3) is 0.333. The molecule has 2 rings (SSSR count). The van der Waals surface area contributed by atoms with Crippen molar-refractivity contribution in [2.75, 3.05) is 23.8 Å². The number of hydrogen-bond acceptors (Lipinski definition) is 3. The average molecular weight is 215 g/mol. The third-order valence-electron chi connectivity index (χ3n) is 2.84. The van der Waals surface area contributed by atoms with Gasteiger partial charge >= 0.3 is 0 Å². The van der Waals surface area contributed by atoms with E-state index in [0.717, 1.165) is 11.4 Å². The Morgan fingerprint density at radius 1 is 1.56 bits per heavy atom. The van der Waals surface area contributed by atoms with Gasteiger partial charge in [-0.05, 0) is 18.2 Å². The molecular weight excluding hydrogens is 202 g/mol. The Morgan fingerprint density at radius 2 is 2.31 bits per heavy atom. The van der Waals surface area contributed by atoms with Crippen molar-refractivity contribution in [1.29, 1.82) is 5.26 Å². The van der Waals surface area contributed by atoms with E-state index in [0.29, 0.717) is 12.1 Å². The average Bonchev–Trinajstić information content (AvgIpc) is 2.42. The van der Waals surface area contributed by atoms with Crippen LogP contribution in [0.4, 0.5) is 11.4 Å². The second-order valence-corrected chi connectivity index (χ2v) is 4.02. The van der Waals surface area contributed by atoms with Crippen molar-refractivity contribution in [3.63, 3.8) is 0 Å². The molecule has 1 aliphatic heterocycles. The van der Waals surface area contributed by atoms with Gasteiger partial charge < -0.3 is 10.2 Å². The van der Waals surface area contributed by atoms with Gasteiger partial charge in [0, 0.05) is 13.6 Å². The van der Waals surface area contributed by atoms with E-state index < -0.39 is 0 Å². The Hall–Kier alpha value is -2.02. The molecule has 16 heavy (non-hydrogen) atoms. The van der Waals surface area contributed by atoms with Crippen LogP contribution in [0.25, 0.3) is 0 Å². The molecule has 82 valence electrons. The first-order chi connectivity index (χ1) is 7.63. The van der Waals surface area contributed by atoms with Crippen LogP contribution in [0.5, 0.6) is 0 Å². The summed E-state index contributed by atoms with van der Waals surface area (Å²) in [4.78, 5) is 13.5.